The average Bonchev–Trinajstić information content (AvgIpc) is 2.82. The van der Waals surface area contributed by atoms with Crippen LogP contribution in [0, 0.1) is 5.82 Å². The number of aliphatic hydroxyl groups excluding tert-OH is 1. The third kappa shape index (κ3) is 3.65. The number of thiazole rings is 1. The molecule has 1 unspecified atom stereocenters. The number of rotatable bonds is 3. The largest absolute Gasteiger partial charge is 0.386 e. The van der Waals surface area contributed by atoms with E-state index in [1.165, 1.54) is 17.4 Å². The second-order valence-electron chi connectivity index (χ2n) is 5.78. The highest BCUT2D eigenvalue weighted by Crippen LogP contribution is 2.29. The lowest BCUT2D eigenvalue weighted by Gasteiger charge is -2.14. The van der Waals surface area contributed by atoms with Crippen molar-refractivity contribution in [3.05, 3.63) is 50.1 Å². The van der Waals surface area contributed by atoms with Crippen LogP contribution < -0.4 is 0 Å². The van der Waals surface area contributed by atoms with Gasteiger partial charge in [-0.15, -0.1) is 11.3 Å². The lowest BCUT2D eigenvalue weighted by Crippen LogP contribution is -2.11. The Balaban J connectivity index is 2.16. The summed E-state index contributed by atoms with van der Waals surface area (Å²) in [6.07, 6.45) is -0.551. The van der Waals surface area contributed by atoms with E-state index in [0.717, 1.165) is 5.01 Å². The van der Waals surface area contributed by atoms with Crippen molar-refractivity contribution in [3.8, 4) is 0 Å². The molecular formula is C15H17BrFNOS. The summed E-state index contributed by atoms with van der Waals surface area (Å²) in [6.45, 7) is 6.24. The second-order valence-corrected chi connectivity index (χ2v) is 7.56. The first-order valence-corrected chi connectivity index (χ1v) is 8.02. The molecule has 0 radical (unpaired) electrons. The highest BCUT2D eigenvalue weighted by Gasteiger charge is 2.21. The van der Waals surface area contributed by atoms with Gasteiger partial charge in [-0.05, 0) is 17.7 Å². The molecule has 0 aliphatic carbocycles. The van der Waals surface area contributed by atoms with Crippen LogP contribution in [0.2, 0.25) is 0 Å². The molecule has 1 aromatic heterocycles. The van der Waals surface area contributed by atoms with Crippen molar-refractivity contribution < 1.29 is 9.50 Å². The van der Waals surface area contributed by atoms with Gasteiger partial charge in [-0.25, -0.2) is 9.37 Å². The van der Waals surface area contributed by atoms with Crippen molar-refractivity contribution >= 4 is 27.3 Å². The highest BCUT2D eigenvalue weighted by atomic mass is 79.9. The lowest BCUT2D eigenvalue weighted by molar-refractivity contribution is 0.172. The third-order valence-corrected chi connectivity index (χ3v) is 4.71. The fraction of sp³-hybridized carbons (Fsp3) is 0.400. The number of hydrogen-bond acceptors (Lipinski definition) is 3. The third-order valence-electron chi connectivity index (χ3n) is 2.93. The Bertz CT molecular complexity index is 606. The van der Waals surface area contributed by atoms with Crippen LogP contribution in [0.4, 0.5) is 4.39 Å². The normalized spacial score (nSPS) is 13.5. The molecule has 2 rings (SSSR count). The fourth-order valence-corrected chi connectivity index (χ4v) is 3.07. The van der Waals surface area contributed by atoms with Crippen LogP contribution in [0.3, 0.4) is 0 Å². The molecule has 108 valence electrons. The lowest BCUT2D eigenvalue weighted by atomic mass is 9.98. The Hall–Kier alpha value is -0.780. The van der Waals surface area contributed by atoms with E-state index in [1.54, 1.807) is 12.1 Å². The standard InChI is InChI=1S/C15H17BrFNOS/c1-15(2,3)14-18-12(8-20-14)13(19)6-9-4-5-10(16)7-11(9)17/h4-5,7-8,13,19H,6H2,1-3H3. The van der Waals surface area contributed by atoms with Gasteiger partial charge in [-0.3, -0.25) is 0 Å². The van der Waals surface area contributed by atoms with E-state index >= 15 is 0 Å². The summed E-state index contributed by atoms with van der Waals surface area (Å²) in [5.41, 5.74) is 1.07. The maximum atomic E-state index is 13.8. The van der Waals surface area contributed by atoms with Crippen LogP contribution in [0.15, 0.2) is 28.1 Å². The molecule has 0 saturated heterocycles. The smallest absolute Gasteiger partial charge is 0.127 e. The van der Waals surface area contributed by atoms with E-state index in [4.69, 9.17) is 0 Å². The number of nitrogens with zero attached hydrogens (tertiary/aromatic N) is 1. The van der Waals surface area contributed by atoms with Gasteiger partial charge < -0.3 is 5.11 Å². The van der Waals surface area contributed by atoms with Crippen LogP contribution in [-0.2, 0) is 11.8 Å². The molecule has 5 heteroatoms. The second kappa shape index (κ2) is 5.92. The van der Waals surface area contributed by atoms with E-state index in [9.17, 15) is 9.50 Å². The summed E-state index contributed by atoms with van der Waals surface area (Å²) >= 11 is 4.75. The Morgan fingerprint density at radius 3 is 2.65 bits per heavy atom. The Morgan fingerprint density at radius 2 is 2.10 bits per heavy atom. The minimum Gasteiger partial charge on any atom is -0.386 e. The number of halogens is 2. The predicted molar refractivity (Wildman–Crippen MR) is 83.6 cm³/mol. The Morgan fingerprint density at radius 1 is 1.40 bits per heavy atom. The van der Waals surface area contributed by atoms with Crippen LogP contribution in [-0.4, -0.2) is 10.1 Å². The molecule has 2 aromatic rings. The summed E-state index contributed by atoms with van der Waals surface area (Å²) in [4.78, 5) is 4.46. The van der Waals surface area contributed by atoms with E-state index in [2.05, 4.69) is 41.7 Å². The summed E-state index contributed by atoms with van der Waals surface area (Å²) in [5.74, 6) is -0.315. The minimum atomic E-state index is -0.780. The summed E-state index contributed by atoms with van der Waals surface area (Å²) < 4.78 is 14.5. The SMILES string of the molecule is CC(C)(C)c1nc(C(O)Cc2ccc(Br)cc2F)cs1. The molecule has 0 spiro atoms. The van der Waals surface area contributed by atoms with Gasteiger partial charge in [0.25, 0.3) is 0 Å². The number of aromatic nitrogens is 1. The van der Waals surface area contributed by atoms with Crippen molar-refractivity contribution in [1.29, 1.82) is 0 Å². The van der Waals surface area contributed by atoms with Gasteiger partial charge in [0, 0.05) is 21.7 Å². The maximum Gasteiger partial charge on any atom is 0.127 e. The Kier molecular flexibility index (Phi) is 4.62. The zero-order valence-corrected chi connectivity index (χ0v) is 14.1. The zero-order valence-electron chi connectivity index (χ0n) is 11.7. The molecule has 1 heterocycles. The first-order valence-electron chi connectivity index (χ1n) is 6.35. The van der Waals surface area contributed by atoms with Crippen molar-refractivity contribution in [2.75, 3.05) is 0 Å². The zero-order chi connectivity index (χ0) is 14.9. The molecule has 0 bridgehead atoms. The van der Waals surface area contributed by atoms with E-state index in [0.29, 0.717) is 15.7 Å². The van der Waals surface area contributed by atoms with Gasteiger partial charge in [-0.2, -0.15) is 0 Å². The molecule has 1 aromatic carbocycles. The molecule has 1 N–H and O–H groups in total. The van der Waals surface area contributed by atoms with E-state index in [-0.39, 0.29) is 17.7 Å². The van der Waals surface area contributed by atoms with Crippen molar-refractivity contribution in [2.45, 2.75) is 38.7 Å². The van der Waals surface area contributed by atoms with Gasteiger partial charge in [0.2, 0.25) is 0 Å². The number of benzene rings is 1. The minimum absolute atomic E-state index is 0.0362. The topological polar surface area (TPSA) is 33.1 Å². The van der Waals surface area contributed by atoms with Crippen LogP contribution in [0.1, 0.15) is 43.1 Å². The average molecular weight is 358 g/mol. The quantitative estimate of drug-likeness (QED) is 0.869. The van der Waals surface area contributed by atoms with Crippen molar-refractivity contribution in [2.24, 2.45) is 0 Å². The highest BCUT2D eigenvalue weighted by molar-refractivity contribution is 9.10. The molecule has 0 aliphatic rings. The van der Waals surface area contributed by atoms with Gasteiger partial charge in [-0.1, -0.05) is 42.8 Å². The maximum absolute atomic E-state index is 13.8. The predicted octanol–water partition coefficient (Wildman–Crippen LogP) is 4.62. The summed E-state index contributed by atoms with van der Waals surface area (Å²) in [5, 5.41) is 13.0. The molecular weight excluding hydrogens is 341 g/mol. The first kappa shape index (κ1) is 15.6. The molecule has 20 heavy (non-hydrogen) atoms. The molecule has 0 aliphatic heterocycles. The molecule has 0 saturated carbocycles. The molecule has 0 amide bonds. The number of aliphatic hydroxyl groups is 1. The van der Waals surface area contributed by atoms with Crippen LogP contribution >= 0.6 is 27.3 Å². The number of hydrogen-bond donors (Lipinski definition) is 1. The van der Waals surface area contributed by atoms with Gasteiger partial charge in [0.1, 0.15) is 11.9 Å². The van der Waals surface area contributed by atoms with E-state index in [1.807, 2.05) is 5.38 Å². The van der Waals surface area contributed by atoms with Gasteiger partial charge in [0.05, 0.1) is 10.7 Å². The summed E-state index contributed by atoms with van der Waals surface area (Å²) in [7, 11) is 0. The molecule has 0 fully saturated rings. The van der Waals surface area contributed by atoms with Crippen molar-refractivity contribution in [3.63, 3.8) is 0 Å². The van der Waals surface area contributed by atoms with E-state index < -0.39 is 6.10 Å². The van der Waals surface area contributed by atoms with Crippen molar-refractivity contribution in [1.82, 2.24) is 4.98 Å². The Labute approximate surface area is 130 Å². The summed E-state index contributed by atoms with van der Waals surface area (Å²) in [6, 6.07) is 4.86. The van der Waals surface area contributed by atoms with Gasteiger partial charge in [0.15, 0.2) is 0 Å². The first-order chi connectivity index (χ1) is 9.27. The monoisotopic (exact) mass is 357 g/mol. The van der Waals surface area contributed by atoms with Crippen LogP contribution in [0.25, 0.3) is 0 Å². The van der Waals surface area contributed by atoms with Crippen LogP contribution in [0.5, 0.6) is 0 Å². The van der Waals surface area contributed by atoms with Gasteiger partial charge >= 0.3 is 0 Å². The fourth-order valence-electron chi connectivity index (χ4n) is 1.78. The molecule has 1 atom stereocenters. The molecule has 2 nitrogen and oxygen atoms in total.